The topological polar surface area (TPSA) is 55.6 Å². The van der Waals surface area contributed by atoms with Crippen LogP contribution in [0.2, 0.25) is 0 Å². The fraction of sp³-hybridized carbons (Fsp3) is 0.923. The van der Waals surface area contributed by atoms with E-state index >= 15 is 0 Å². The summed E-state index contributed by atoms with van der Waals surface area (Å²) >= 11 is 0. The van der Waals surface area contributed by atoms with Crippen LogP contribution in [0.25, 0.3) is 0 Å². The molecule has 98 valence electrons. The molecule has 0 spiro atoms. The second kappa shape index (κ2) is 4.94. The van der Waals surface area contributed by atoms with Gasteiger partial charge in [-0.05, 0) is 38.6 Å². The smallest absolute Gasteiger partial charge is 0.326 e. The number of hydrogen-bond acceptors (Lipinski definition) is 4. The summed E-state index contributed by atoms with van der Waals surface area (Å²) in [6.45, 7) is 3.48. The molecule has 3 atom stereocenters. The molecule has 1 saturated carbocycles. The highest BCUT2D eigenvalue weighted by molar-refractivity contribution is 5.80. The zero-order valence-electron chi connectivity index (χ0n) is 10.9. The highest BCUT2D eigenvalue weighted by atomic mass is 16.5. The van der Waals surface area contributed by atoms with Crippen LogP contribution in [0.4, 0.5) is 0 Å². The Morgan fingerprint density at radius 1 is 1.41 bits per heavy atom. The molecule has 0 radical (unpaired) electrons. The Morgan fingerprint density at radius 3 is 2.82 bits per heavy atom. The van der Waals surface area contributed by atoms with Gasteiger partial charge in [0.1, 0.15) is 5.54 Å². The van der Waals surface area contributed by atoms with E-state index < -0.39 is 5.54 Å². The van der Waals surface area contributed by atoms with Crippen LogP contribution in [-0.4, -0.2) is 42.6 Å². The Bertz CT molecular complexity index is 291. The van der Waals surface area contributed by atoms with Gasteiger partial charge in [-0.25, -0.2) is 0 Å². The van der Waals surface area contributed by atoms with Gasteiger partial charge >= 0.3 is 5.97 Å². The van der Waals surface area contributed by atoms with Crippen molar-refractivity contribution < 1.29 is 9.53 Å². The van der Waals surface area contributed by atoms with E-state index in [0.717, 1.165) is 12.5 Å². The molecule has 2 N–H and O–H groups in total. The van der Waals surface area contributed by atoms with Crippen molar-refractivity contribution in [1.29, 1.82) is 0 Å². The molecule has 2 fully saturated rings. The second-order valence-corrected chi connectivity index (χ2v) is 5.78. The Balaban J connectivity index is 1.97. The lowest BCUT2D eigenvalue weighted by atomic mass is 9.85. The van der Waals surface area contributed by atoms with E-state index in [1.165, 1.54) is 39.2 Å². The van der Waals surface area contributed by atoms with Crippen molar-refractivity contribution in [2.75, 3.05) is 20.2 Å². The van der Waals surface area contributed by atoms with Crippen molar-refractivity contribution >= 4 is 5.97 Å². The molecule has 0 aromatic rings. The van der Waals surface area contributed by atoms with E-state index in [-0.39, 0.29) is 5.97 Å². The third kappa shape index (κ3) is 2.63. The minimum Gasteiger partial charge on any atom is -0.468 e. The standard InChI is InChI=1S/C13H24N2O2/c1-13(14,12(16)17-2)9-15-8-7-10-5-3-4-6-11(10)15/h10-11H,3-9,14H2,1-2H3. The maximum absolute atomic E-state index is 11.6. The van der Waals surface area contributed by atoms with Crippen LogP contribution >= 0.6 is 0 Å². The molecule has 2 rings (SSSR count). The van der Waals surface area contributed by atoms with Crippen LogP contribution in [0.1, 0.15) is 39.0 Å². The van der Waals surface area contributed by atoms with Gasteiger partial charge in [0.2, 0.25) is 0 Å². The number of carbonyl (C=O) groups excluding carboxylic acids is 1. The number of methoxy groups -OCH3 is 1. The van der Waals surface area contributed by atoms with E-state index in [1.54, 1.807) is 6.92 Å². The number of hydrogen-bond donors (Lipinski definition) is 1. The fourth-order valence-corrected chi connectivity index (χ4v) is 3.42. The second-order valence-electron chi connectivity index (χ2n) is 5.78. The van der Waals surface area contributed by atoms with Crippen LogP contribution in [0.5, 0.6) is 0 Å². The summed E-state index contributed by atoms with van der Waals surface area (Å²) in [4.78, 5) is 14.0. The third-order valence-electron chi connectivity index (χ3n) is 4.31. The van der Waals surface area contributed by atoms with Gasteiger partial charge in [-0.1, -0.05) is 12.8 Å². The Labute approximate surface area is 103 Å². The average Bonchev–Trinajstić information content (AvgIpc) is 2.71. The molecule has 0 aromatic carbocycles. The van der Waals surface area contributed by atoms with Crippen LogP contribution in [-0.2, 0) is 9.53 Å². The summed E-state index contributed by atoms with van der Waals surface area (Å²) in [5, 5.41) is 0. The van der Waals surface area contributed by atoms with Gasteiger partial charge in [0.05, 0.1) is 7.11 Å². The number of rotatable bonds is 3. The molecule has 1 heterocycles. The molecular weight excluding hydrogens is 216 g/mol. The van der Waals surface area contributed by atoms with Crippen molar-refractivity contribution in [2.24, 2.45) is 11.7 Å². The molecule has 2 aliphatic rings. The molecule has 3 unspecified atom stereocenters. The van der Waals surface area contributed by atoms with Gasteiger partial charge in [0.25, 0.3) is 0 Å². The number of esters is 1. The van der Waals surface area contributed by atoms with E-state index in [0.29, 0.717) is 12.6 Å². The molecule has 0 amide bonds. The lowest BCUT2D eigenvalue weighted by molar-refractivity contribution is -0.147. The summed E-state index contributed by atoms with van der Waals surface area (Å²) < 4.78 is 4.77. The number of likely N-dealkylation sites (tertiary alicyclic amines) is 1. The first-order valence-electron chi connectivity index (χ1n) is 6.66. The van der Waals surface area contributed by atoms with Crippen LogP contribution in [0, 0.1) is 5.92 Å². The first-order chi connectivity index (χ1) is 8.04. The summed E-state index contributed by atoms with van der Waals surface area (Å²) in [5.74, 6) is 0.522. The maximum atomic E-state index is 11.6. The van der Waals surface area contributed by atoms with Gasteiger partial charge in [0.15, 0.2) is 0 Å². The summed E-state index contributed by atoms with van der Waals surface area (Å²) in [5.41, 5.74) is 5.18. The van der Waals surface area contributed by atoms with Crippen molar-refractivity contribution in [1.82, 2.24) is 4.90 Å². The van der Waals surface area contributed by atoms with Gasteiger partial charge in [0, 0.05) is 12.6 Å². The number of carbonyl (C=O) groups is 1. The molecule has 0 aromatic heterocycles. The largest absolute Gasteiger partial charge is 0.468 e. The van der Waals surface area contributed by atoms with E-state index in [4.69, 9.17) is 10.5 Å². The Hall–Kier alpha value is -0.610. The lowest BCUT2D eigenvalue weighted by Crippen LogP contribution is -2.55. The molecule has 4 nitrogen and oxygen atoms in total. The van der Waals surface area contributed by atoms with Crippen molar-refractivity contribution in [3.63, 3.8) is 0 Å². The average molecular weight is 240 g/mol. The van der Waals surface area contributed by atoms with E-state index in [9.17, 15) is 4.79 Å². The molecular formula is C13H24N2O2. The lowest BCUT2D eigenvalue weighted by Gasteiger charge is -2.35. The summed E-state index contributed by atoms with van der Waals surface area (Å²) in [7, 11) is 1.40. The fourth-order valence-electron chi connectivity index (χ4n) is 3.42. The molecule has 1 aliphatic heterocycles. The number of ether oxygens (including phenoxy) is 1. The summed E-state index contributed by atoms with van der Waals surface area (Å²) in [6.07, 6.45) is 6.56. The Morgan fingerprint density at radius 2 is 2.12 bits per heavy atom. The zero-order chi connectivity index (χ0) is 12.5. The molecule has 0 bridgehead atoms. The molecule has 17 heavy (non-hydrogen) atoms. The zero-order valence-corrected chi connectivity index (χ0v) is 10.9. The van der Waals surface area contributed by atoms with Crippen molar-refractivity contribution in [2.45, 2.75) is 50.6 Å². The third-order valence-corrected chi connectivity index (χ3v) is 4.31. The number of nitrogens with zero attached hydrogens (tertiary/aromatic N) is 1. The first kappa shape index (κ1) is 12.8. The van der Waals surface area contributed by atoms with Crippen molar-refractivity contribution in [3.05, 3.63) is 0 Å². The van der Waals surface area contributed by atoms with Gasteiger partial charge in [-0.2, -0.15) is 0 Å². The number of fused-ring (bicyclic) bond motifs is 1. The molecule has 1 saturated heterocycles. The minimum absolute atomic E-state index is 0.309. The highest BCUT2D eigenvalue weighted by Gasteiger charge is 2.40. The van der Waals surface area contributed by atoms with Gasteiger partial charge in [-0.3, -0.25) is 9.69 Å². The predicted octanol–water partition coefficient (Wildman–Crippen LogP) is 1.14. The van der Waals surface area contributed by atoms with Crippen LogP contribution < -0.4 is 5.73 Å². The maximum Gasteiger partial charge on any atom is 0.326 e. The normalized spacial score (nSPS) is 32.9. The van der Waals surface area contributed by atoms with Crippen molar-refractivity contribution in [3.8, 4) is 0 Å². The predicted molar refractivity (Wildman–Crippen MR) is 66.5 cm³/mol. The van der Waals surface area contributed by atoms with E-state index in [1.807, 2.05) is 0 Å². The quantitative estimate of drug-likeness (QED) is 0.752. The minimum atomic E-state index is -0.874. The number of nitrogens with two attached hydrogens (primary N) is 1. The van der Waals surface area contributed by atoms with Gasteiger partial charge < -0.3 is 10.5 Å². The highest BCUT2D eigenvalue weighted by Crippen LogP contribution is 2.36. The monoisotopic (exact) mass is 240 g/mol. The van der Waals surface area contributed by atoms with Crippen LogP contribution in [0.15, 0.2) is 0 Å². The molecule has 4 heteroatoms. The van der Waals surface area contributed by atoms with Crippen LogP contribution in [0.3, 0.4) is 0 Å². The summed E-state index contributed by atoms with van der Waals surface area (Å²) in [6, 6.07) is 0.649. The van der Waals surface area contributed by atoms with E-state index in [2.05, 4.69) is 4.90 Å². The first-order valence-corrected chi connectivity index (χ1v) is 6.66. The Kier molecular flexibility index (Phi) is 3.73. The molecule has 1 aliphatic carbocycles. The SMILES string of the molecule is COC(=O)C(C)(N)CN1CCC2CCCCC21. The van der Waals surface area contributed by atoms with Gasteiger partial charge in [-0.15, -0.1) is 0 Å².